The van der Waals surface area contributed by atoms with Crippen molar-refractivity contribution in [1.82, 2.24) is 0 Å². The van der Waals surface area contributed by atoms with Crippen molar-refractivity contribution in [3.8, 4) is 0 Å². The zero-order chi connectivity index (χ0) is 12.9. The minimum absolute atomic E-state index is 0.285. The minimum atomic E-state index is -2.77. The lowest BCUT2D eigenvalue weighted by molar-refractivity contribution is 0.260. The van der Waals surface area contributed by atoms with Gasteiger partial charge in [0.25, 0.3) is 0 Å². The number of hydrogen-bond acceptors (Lipinski definition) is 2. The van der Waals surface area contributed by atoms with Gasteiger partial charge in [0, 0.05) is 10.6 Å². The van der Waals surface area contributed by atoms with Crippen LogP contribution >= 0.6 is 15.9 Å². The van der Waals surface area contributed by atoms with Crippen LogP contribution in [0.4, 0.5) is 0 Å². The second-order valence-electron chi connectivity index (χ2n) is 5.24. The Morgan fingerprint density at radius 2 is 1.94 bits per heavy atom. The van der Waals surface area contributed by atoms with Crippen molar-refractivity contribution in [2.45, 2.75) is 57.2 Å². The predicted molar refractivity (Wildman–Crippen MR) is 77.4 cm³/mol. The molecule has 102 valence electrons. The van der Waals surface area contributed by atoms with Crippen molar-refractivity contribution < 1.29 is 8.42 Å². The molecule has 0 bridgehead atoms. The van der Waals surface area contributed by atoms with Gasteiger partial charge in [0.05, 0.1) is 5.75 Å². The molecule has 0 aromatic heterocycles. The third kappa shape index (κ3) is 5.29. The van der Waals surface area contributed by atoms with Crippen LogP contribution in [-0.2, 0) is 9.84 Å². The van der Waals surface area contributed by atoms with Gasteiger partial charge in [0.1, 0.15) is 9.84 Å². The van der Waals surface area contributed by atoms with E-state index in [0.717, 1.165) is 18.8 Å². The van der Waals surface area contributed by atoms with E-state index in [4.69, 9.17) is 0 Å². The van der Waals surface area contributed by atoms with Crippen LogP contribution in [0.5, 0.6) is 0 Å². The number of hydrogen-bond donors (Lipinski definition) is 0. The summed E-state index contributed by atoms with van der Waals surface area (Å²) in [4.78, 5) is 0.606. The number of alkyl halides is 1. The first-order chi connectivity index (χ1) is 7.98. The lowest BCUT2D eigenvalue weighted by Crippen LogP contribution is -2.25. The molecule has 0 N–H and O–H groups in total. The number of rotatable bonds is 6. The first-order valence-electron chi connectivity index (χ1n) is 6.83. The summed E-state index contributed by atoms with van der Waals surface area (Å²) < 4.78 is 22.9. The van der Waals surface area contributed by atoms with E-state index in [1.165, 1.54) is 25.7 Å². The summed E-state index contributed by atoms with van der Waals surface area (Å²) >= 11 is 3.76. The molecule has 3 atom stereocenters. The largest absolute Gasteiger partial charge is 0.229 e. The van der Waals surface area contributed by atoms with Gasteiger partial charge in [-0.1, -0.05) is 36.2 Å². The van der Waals surface area contributed by atoms with E-state index < -0.39 is 9.84 Å². The summed E-state index contributed by atoms with van der Waals surface area (Å²) in [5.41, 5.74) is 0. The summed E-state index contributed by atoms with van der Waals surface area (Å²) in [6, 6.07) is 0. The molecule has 1 saturated carbocycles. The van der Waals surface area contributed by atoms with Crippen molar-refractivity contribution in [3.05, 3.63) is 0 Å². The van der Waals surface area contributed by atoms with Crippen LogP contribution in [-0.4, -0.2) is 24.8 Å². The van der Waals surface area contributed by atoms with Gasteiger partial charge in [-0.25, -0.2) is 8.42 Å². The highest BCUT2D eigenvalue weighted by molar-refractivity contribution is 9.09. The van der Waals surface area contributed by atoms with E-state index >= 15 is 0 Å². The molecule has 0 aliphatic heterocycles. The maximum Gasteiger partial charge on any atom is 0.150 e. The molecule has 17 heavy (non-hydrogen) atoms. The maximum atomic E-state index is 11.4. The second-order valence-corrected chi connectivity index (χ2v) is 8.89. The molecular weight excluding hydrogens is 300 g/mol. The van der Waals surface area contributed by atoms with Crippen molar-refractivity contribution in [2.75, 3.05) is 11.5 Å². The monoisotopic (exact) mass is 324 g/mol. The van der Waals surface area contributed by atoms with Crippen LogP contribution in [0, 0.1) is 11.8 Å². The van der Waals surface area contributed by atoms with Gasteiger partial charge in [-0.2, -0.15) is 0 Å². The molecule has 0 aromatic rings. The van der Waals surface area contributed by atoms with Gasteiger partial charge < -0.3 is 0 Å². The Balaban J connectivity index is 2.34. The Bertz CT molecular complexity index is 313. The standard InChI is InChI=1S/C13H25BrO2S/c1-3-11-7-8-13(14)12(10-11)6-5-9-17(15,16)4-2/h11-13H,3-10H2,1-2H3. The minimum Gasteiger partial charge on any atom is -0.229 e. The quantitative estimate of drug-likeness (QED) is 0.696. The molecule has 1 rings (SSSR count). The van der Waals surface area contributed by atoms with Crippen molar-refractivity contribution >= 4 is 25.8 Å². The van der Waals surface area contributed by atoms with Crippen LogP contribution in [0.3, 0.4) is 0 Å². The molecule has 0 saturated heterocycles. The van der Waals surface area contributed by atoms with Crippen LogP contribution in [0.1, 0.15) is 52.4 Å². The maximum absolute atomic E-state index is 11.4. The molecule has 1 aliphatic rings. The van der Waals surface area contributed by atoms with Gasteiger partial charge in [-0.3, -0.25) is 0 Å². The lowest BCUT2D eigenvalue weighted by Gasteiger charge is -2.32. The molecule has 0 aromatic carbocycles. The summed E-state index contributed by atoms with van der Waals surface area (Å²) in [5, 5.41) is 0. The average Bonchev–Trinajstić information content (AvgIpc) is 2.31. The summed E-state index contributed by atoms with van der Waals surface area (Å²) in [6.07, 6.45) is 7.02. The van der Waals surface area contributed by atoms with Gasteiger partial charge in [0.15, 0.2) is 0 Å². The zero-order valence-corrected chi connectivity index (χ0v) is 13.4. The van der Waals surface area contributed by atoms with Crippen LogP contribution in [0.2, 0.25) is 0 Å². The third-order valence-electron chi connectivity index (χ3n) is 4.05. The van der Waals surface area contributed by atoms with E-state index in [0.29, 0.717) is 16.5 Å². The van der Waals surface area contributed by atoms with Crippen LogP contribution in [0.15, 0.2) is 0 Å². The smallest absolute Gasteiger partial charge is 0.150 e. The Morgan fingerprint density at radius 1 is 1.24 bits per heavy atom. The number of halogens is 1. The molecule has 1 fully saturated rings. The Kier molecular flexibility index (Phi) is 6.49. The van der Waals surface area contributed by atoms with Gasteiger partial charge >= 0.3 is 0 Å². The van der Waals surface area contributed by atoms with E-state index in [9.17, 15) is 8.42 Å². The first-order valence-corrected chi connectivity index (χ1v) is 9.56. The normalized spacial score (nSPS) is 30.4. The SMILES string of the molecule is CCC1CCC(Br)C(CCCS(=O)(=O)CC)C1. The fourth-order valence-corrected chi connectivity index (χ4v) is 4.34. The number of sulfone groups is 1. The highest BCUT2D eigenvalue weighted by atomic mass is 79.9. The molecular formula is C13H25BrO2S. The topological polar surface area (TPSA) is 34.1 Å². The zero-order valence-electron chi connectivity index (χ0n) is 11.0. The van der Waals surface area contributed by atoms with Crippen molar-refractivity contribution in [3.63, 3.8) is 0 Å². The molecule has 4 heteroatoms. The molecule has 0 heterocycles. The fraction of sp³-hybridized carbons (Fsp3) is 1.00. The fourth-order valence-electron chi connectivity index (χ4n) is 2.70. The summed E-state index contributed by atoms with van der Waals surface area (Å²) in [7, 11) is -2.77. The van der Waals surface area contributed by atoms with Gasteiger partial charge in [-0.05, 0) is 43.9 Å². The Morgan fingerprint density at radius 3 is 2.53 bits per heavy atom. The Hall–Kier alpha value is 0.430. The first kappa shape index (κ1) is 15.5. The van der Waals surface area contributed by atoms with Crippen molar-refractivity contribution in [1.29, 1.82) is 0 Å². The molecule has 2 nitrogen and oxygen atoms in total. The molecule has 0 spiro atoms. The average molecular weight is 325 g/mol. The summed E-state index contributed by atoms with van der Waals surface area (Å²) in [6.45, 7) is 3.99. The van der Waals surface area contributed by atoms with E-state index in [1.807, 2.05) is 0 Å². The van der Waals surface area contributed by atoms with E-state index in [-0.39, 0.29) is 5.75 Å². The van der Waals surface area contributed by atoms with E-state index in [2.05, 4.69) is 22.9 Å². The van der Waals surface area contributed by atoms with Gasteiger partial charge in [-0.15, -0.1) is 0 Å². The predicted octanol–water partition coefficient (Wildman–Crippen LogP) is 3.79. The summed E-state index contributed by atoms with van der Waals surface area (Å²) in [5.74, 6) is 2.20. The van der Waals surface area contributed by atoms with Gasteiger partial charge in [0.2, 0.25) is 0 Å². The molecule has 0 amide bonds. The van der Waals surface area contributed by atoms with Crippen molar-refractivity contribution in [2.24, 2.45) is 11.8 Å². The third-order valence-corrected chi connectivity index (χ3v) is 7.04. The van der Waals surface area contributed by atoms with Crippen LogP contribution in [0.25, 0.3) is 0 Å². The highest BCUT2D eigenvalue weighted by Crippen LogP contribution is 2.37. The van der Waals surface area contributed by atoms with E-state index in [1.54, 1.807) is 6.92 Å². The Labute approximate surface area is 115 Å². The highest BCUT2D eigenvalue weighted by Gasteiger charge is 2.27. The molecule has 1 aliphatic carbocycles. The lowest BCUT2D eigenvalue weighted by atomic mass is 9.78. The molecule has 3 unspecified atom stereocenters. The molecule has 0 radical (unpaired) electrons. The van der Waals surface area contributed by atoms with Crippen LogP contribution < -0.4 is 0 Å². The second kappa shape index (κ2) is 7.13.